The van der Waals surface area contributed by atoms with Crippen molar-refractivity contribution in [3.63, 3.8) is 0 Å². The molecule has 0 saturated carbocycles. The number of imide groups is 1. The van der Waals surface area contributed by atoms with Crippen LogP contribution in [-0.2, 0) is 6.54 Å². The largest absolute Gasteiger partial charge is 0.341 e. The number of rotatable bonds is 3. The van der Waals surface area contributed by atoms with E-state index in [1.807, 2.05) is 36.4 Å². The number of hydrogen-bond donors (Lipinski definition) is 2. The van der Waals surface area contributed by atoms with Crippen LogP contribution in [0.15, 0.2) is 72.8 Å². The van der Waals surface area contributed by atoms with E-state index in [0.717, 1.165) is 28.4 Å². The first kappa shape index (κ1) is 16.8. The maximum atomic E-state index is 12.2. The minimum absolute atomic E-state index is 0.434. The summed E-state index contributed by atoms with van der Waals surface area (Å²) in [6, 6.07) is 22.1. The van der Waals surface area contributed by atoms with E-state index in [9.17, 15) is 9.59 Å². The van der Waals surface area contributed by atoms with Crippen molar-refractivity contribution in [2.45, 2.75) is 13.5 Å². The highest BCUT2D eigenvalue weighted by molar-refractivity contribution is 6.11. The smallest absolute Gasteiger partial charge is 0.326 e. The van der Waals surface area contributed by atoms with Crippen LogP contribution in [0.3, 0.4) is 0 Å². The highest BCUT2D eigenvalue weighted by Gasteiger charge is 2.12. The van der Waals surface area contributed by atoms with E-state index in [-0.39, 0.29) is 0 Å². The molecule has 0 bridgehead atoms. The number of para-hydroxylation sites is 1. The van der Waals surface area contributed by atoms with Crippen molar-refractivity contribution in [3.8, 4) is 0 Å². The summed E-state index contributed by atoms with van der Waals surface area (Å²) in [4.78, 5) is 24.3. The summed E-state index contributed by atoms with van der Waals surface area (Å²) < 4.78 is 2.24. The predicted octanol–water partition coefficient (Wildman–Crippen LogP) is 4.78. The van der Waals surface area contributed by atoms with Gasteiger partial charge in [0.1, 0.15) is 0 Å². The van der Waals surface area contributed by atoms with Gasteiger partial charge in [0.15, 0.2) is 0 Å². The van der Waals surface area contributed by atoms with E-state index in [4.69, 9.17) is 0 Å². The molecular formula is C22H19N3O2. The zero-order chi connectivity index (χ0) is 18.8. The fourth-order valence-electron chi connectivity index (χ4n) is 3.40. The summed E-state index contributed by atoms with van der Waals surface area (Å²) in [6.07, 6.45) is 0. The topological polar surface area (TPSA) is 63.1 Å². The number of nitrogens with one attached hydrogen (secondary N) is 2. The van der Waals surface area contributed by atoms with Crippen LogP contribution in [0.5, 0.6) is 0 Å². The van der Waals surface area contributed by atoms with Crippen molar-refractivity contribution in [2.24, 2.45) is 0 Å². The van der Waals surface area contributed by atoms with Gasteiger partial charge in [-0.3, -0.25) is 10.1 Å². The lowest BCUT2D eigenvalue weighted by molar-refractivity contribution is 0.0967. The van der Waals surface area contributed by atoms with E-state index in [2.05, 4.69) is 34.3 Å². The molecule has 0 spiro atoms. The van der Waals surface area contributed by atoms with Crippen LogP contribution in [0, 0.1) is 0 Å². The minimum atomic E-state index is -0.553. The van der Waals surface area contributed by atoms with Gasteiger partial charge in [0.2, 0.25) is 0 Å². The van der Waals surface area contributed by atoms with E-state index in [1.165, 1.54) is 0 Å². The van der Waals surface area contributed by atoms with Gasteiger partial charge in [-0.2, -0.15) is 0 Å². The lowest BCUT2D eigenvalue weighted by Gasteiger charge is -2.08. The van der Waals surface area contributed by atoms with Gasteiger partial charge in [0.25, 0.3) is 5.91 Å². The first-order valence-corrected chi connectivity index (χ1v) is 8.85. The van der Waals surface area contributed by atoms with Crippen LogP contribution >= 0.6 is 0 Å². The number of benzene rings is 3. The molecule has 0 atom stereocenters. The van der Waals surface area contributed by atoms with E-state index < -0.39 is 11.9 Å². The molecule has 0 aliphatic heterocycles. The molecule has 2 N–H and O–H groups in total. The molecule has 5 heteroatoms. The zero-order valence-corrected chi connectivity index (χ0v) is 14.9. The Labute approximate surface area is 156 Å². The average molecular weight is 357 g/mol. The van der Waals surface area contributed by atoms with E-state index >= 15 is 0 Å². The van der Waals surface area contributed by atoms with Crippen LogP contribution in [0.25, 0.3) is 21.8 Å². The lowest BCUT2D eigenvalue weighted by atomic mass is 10.1. The molecule has 0 aliphatic carbocycles. The molecule has 27 heavy (non-hydrogen) atoms. The number of amides is 3. The summed E-state index contributed by atoms with van der Waals surface area (Å²) in [5.74, 6) is -0.434. The molecule has 1 heterocycles. The molecule has 0 aliphatic rings. The SMILES string of the molecule is CCn1c2ccccc2c2cc(NC(=O)NC(=O)c3ccccc3)ccc21. The number of aryl methyl sites for hydroxylation is 1. The third kappa shape index (κ3) is 3.15. The molecule has 3 amide bonds. The molecule has 4 rings (SSSR count). The normalized spacial score (nSPS) is 10.9. The fourth-order valence-corrected chi connectivity index (χ4v) is 3.40. The number of carbonyl (C=O) groups excluding carboxylic acids is 2. The number of carbonyl (C=O) groups is 2. The summed E-state index contributed by atoms with van der Waals surface area (Å²) in [5, 5.41) is 7.31. The maximum Gasteiger partial charge on any atom is 0.326 e. The number of fused-ring (bicyclic) bond motifs is 3. The molecule has 3 aromatic carbocycles. The van der Waals surface area contributed by atoms with Crippen molar-refractivity contribution in [3.05, 3.63) is 78.4 Å². The number of anilines is 1. The lowest BCUT2D eigenvalue weighted by Crippen LogP contribution is -2.34. The van der Waals surface area contributed by atoms with Crippen molar-refractivity contribution >= 4 is 39.4 Å². The van der Waals surface area contributed by atoms with E-state index in [0.29, 0.717) is 11.3 Å². The van der Waals surface area contributed by atoms with Crippen LogP contribution in [0.2, 0.25) is 0 Å². The van der Waals surface area contributed by atoms with Gasteiger partial charge in [-0.1, -0.05) is 36.4 Å². The second kappa shape index (κ2) is 6.96. The fraction of sp³-hybridized carbons (Fsp3) is 0.0909. The third-order valence-corrected chi connectivity index (χ3v) is 4.61. The van der Waals surface area contributed by atoms with E-state index in [1.54, 1.807) is 24.3 Å². The Bertz CT molecular complexity index is 1150. The van der Waals surface area contributed by atoms with Gasteiger partial charge in [-0.05, 0) is 43.3 Å². The monoisotopic (exact) mass is 357 g/mol. The molecule has 0 saturated heterocycles. The Kier molecular flexibility index (Phi) is 4.34. The van der Waals surface area contributed by atoms with Gasteiger partial charge in [-0.15, -0.1) is 0 Å². The average Bonchev–Trinajstić information content (AvgIpc) is 3.01. The first-order valence-electron chi connectivity index (χ1n) is 8.85. The summed E-state index contributed by atoms with van der Waals surface area (Å²) in [6.45, 7) is 2.98. The first-order chi connectivity index (χ1) is 13.2. The molecular weight excluding hydrogens is 338 g/mol. The summed E-state index contributed by atoms with van der Waals surface area (Å²) in [5.41, 5.74) is 3.36. The van der Waals surface area contributed by atoms with Crippen LogP contribution < -0.4 is 10.6 Å². The number of nitrogens with zero attached hydrogens (tertiary/aromatic N) is 1. The number of urea groups is 1. The van der Waals surface area contributed by atoms with Crippen LogP contribution in [0.4, 0.5) is 10.5 Å². The highest BCUT2D eigenvalue weighted by atomic mass is 16.2. The minimum Gasteiger partial charge on any atom is -0.341 e. The molecule has 134 valence electrons. The third-order valence-electron chi connectivity index (χ3n) is 4.61. The number of hydrogen-bond acceptors (Lipinski definition) is 2. The van der Waals surface area contributed by atoms with Crippen molar-refractivity contribution in [1.29, 1.82) is 0 Å². The Balaban J connectivity index is 1.60. The van der Waals surface area contributed by atoms with Crippen molar-refractivity contribution in [1.82, 2.24) is 9.88 Å². The van der Waals surface area contributed by atoms with Crippen molar-refractivity contribution < 1.29 is 9.59 Å². The maximum absolute atomic E-state index is 12.2. The standard InChI is InChI=1S/C22H19N3O2/c1-2-25-19-11-7-6-10-17(19)18-14-16(12-13-20(18)25)23-22(27)24-21(26)15-8-4-3-5-9-15/h3-14H,2H2,1H3,(H2,23,24,26,27). The Morgan fingerprint density at radius 3 is 2.33 bits per heavy atom. The Morgan fingerprint density at radius 1 is 0.852 bits per heavy atom. The van der Waals surface area contributed by atoms with Gasteiger partial charge >= 0.3 is 6.03 Å². The Hall–Kier alpha value is -3.60. The number of aromatic nitrogens is 1. The zero-order valence-electron chi connectivity index (χ0n) is 14.9. The van der Waals surface area contributed by atoms with Crippen molar-refractivity contribution in [2.75, 3.05) is 5.32 Å². The molecule has 1 aromatic heterocycles. The molecule has 5 nitrogen and oxygen atoms in total. The summed E-state index contributed by atoms with van der Waals surface area (Å²) in [7, 11) is 0. The molecule has 0 fully saturated rings. The summed E-state index contributed by atoms with van der Waals surface area (Å²) >= 11 is 0. The van der Waals surface area contributed by atoms with Crippen LogP contribution in [-0.4, -0.2) is 16.5 Å². The van der Waals surface area contributed by atoms with Gasteiger partial charge in [-0.25, -0.2) is 4.79 Å². The van der Waals surface area contributed by atoms with Gasteiger partial charge in [0, 0.05) is 39.6 Å². The predicted molar refractivity (Wildman–Crippen MR) is 108 cm³/mol. The molecule has 0 radical (unpaired) electrons. The quantitative estimate of drug-likeness (QED) is 0.554. The molecule has 0 unspecified atom stereocenters. The highest BCUT2D eigenvalue weighted by Crippen LogP contribution is 2.30. The second-order valence-electron chi connectivity index (χ2n) is 6.27. The van der Waals surface area contributed by atoms with Crippen LogP contribution in [0.1, 0.15) is 17.3 Å². The Morgan fingerprint density at radius 2 is 1.56 bits per heavy atom. The second-order valence-corrected chi connectivity index (χ2v) is 6.27. The van der Waals surface area contributed by atoms with Gasteiger partial charge in [0.05, 0.1) is 0 Å². The van der Waals surface area contributed by atoms with Gasteiger partial charge < -0.3 is 9.88 Å². The molecule has 4 aromatic rings.